The number of carbonyl (C=O) groups is 1. The SMILES string of the molecule is O=C1CN=C(c2ccc(Cl)c([N+](=O)[O-])c2)c2cc([N+](=O)[O-])ccc2N1. The molecule has 10 heteroatoms. The molecule has 1 heterocycles. The molecule has 0 radical (unpaired) electrons. The number of halogens is 1. The van der Waals surface area contributed by atoms with E-state index in [0.717, 1.165) is 0 Å². The molecule has 0 saturated heterocycles. The zero-order valence-electron chi connectivity index (χ0n) is 12.4. The zero-order valence-corrected chi connectivity index (χ0v) is 13.2. The number of anilines is 1. The second-order valence-corrected chi connectivity index (χ2v) is 5.53. The monoisotopic (exact) mass is 360 g/mol. The highest BCUT2D eigenvalue weighted by Crippen LogP contribution is 2.30. The second kappa shape index (κ2) is 6.29. The Kier molecular flexibility index (Phi) is 4.15. The summed E-state index contributed by atoms with van der Waals surface area (Å²) >= 11 is 5.82. The van der Waals surface area contributed by atoms with E-state index in [-0.39, 0.29) is 28.7 Å². The van der Waals surface area contributed by atoms with Gasteiger partial charge in [0.1, 0.15) is 11.6 Å². The number of carbonyl (C=O) groups excluding carboxylic acids is 1. The highest BCUT2D eigenvalue weighted by atomic mass is 35.5. The molecule has 2 aromatic rings. The van der Waals surface area contributed by atoms with Gasteiger partial charge in [0.05, 0.1) is 21.2 Å². The standard InChI is InChI=1S/C15H9ClN4O5/c16-11-3-1-8(5-13(11)20(24)25)15-10-6-9(19(22)23)2-4-12(10)18-14(21)7-17-15/h1-6H,7H2,(H,18,21). The summed E-state index contributed by atoms with van der Waals surface area (Å²) < 4.78 is 0. The van der Waals surface area contributed by atoms with E-state index in [4.69, 9.17) is 11.6 Å². The Bertz CT molecular complexity index is 957. The van der Waals surface area contributed by atoms with E-state index in [1.807, 2.05) is 0 Å². The van der Waals surface area contributed by atoms with Crippen LogP contribution >= 0.6 is 11.6 Å². The molecule has 2 aromatic carbocycles. The fraction of sp³-hybridized carbons (Fsp3) is 0.0667. The number of amides is 1. The number of aliphatic imine (C=N–C) groups is 1. The van der Waals surface area contributed by atoms with Crippen molar-refractivity contribution < 1.29 is 14.6 Å². The molecule has 0 unspecified atom stereocenters. The van der Waals surface area contributed by atoms with E-state index in [0.29, 0.717) is 16.8 Å². The molecular formula is C15H9ClN4O5. The average Bonchev–Trinajstić information content (AvgIpc) is 2.72. The van der Waals surface area contributed by atoms with Gasteiger partial charge in [0, 0.05) is 29.3 Å². The molecule has 1 amide bonds. The Morgan fingerprint density at radius 2 is 1.84 bits per heavy atom. The van der Waals surface area contributed by atoms with Crippen molar-refractivity contribution >= 4 is 40.3 Å². The predicted octanol–water partition coefficient (Wildman–Crippen LogP) is 2.95. The summed E-state index contributed by atoms with van der Waals surface area (Å²) in [6.07, 6.45) is 0. The summed E-state index contributed by atoms with van der Waals surface area (Å²) in [6, 6.07) is 7.99. The van der Waals surface area contributed by atoms with Crippen molar-refractivity contribution in [3.63, 3.8) is 0 Å². The van der Waals surface area contributed by atoms with Crippen LogP contribution in [0.2, 0.25) is 5.02 Å². The fourth-order valence-corrected chi connectivity index (χ4v) is 2.61. The van der Waals surface area contributed by atoms with Gasteiger partial charge in [-0.2, -0.15) is 0 Å². The van der Waals surface area contributed by atoms with E-state index in [9.17, 15) is 25.0 Å². The van der Waals surface area contributed by atoms with Gasteiger partial charge in [-0.25, -0.2) is 0 Å². The van der Waals surface area contributed by atoms with Crippen LogP contribution in [0.4, 0.5) is 17.1 Å². The van der Waals surface area contributed by atoms with Crippen LogP contribution in [0.5, 0.6) is 0 Å². The molecule has 126 valence electrons. The van der Waals surface area contributed by atoms with E-state index < -0.39 is 15.8 Å². The molecular weight excluding hydrogens is 352 g/mol. The van der Waals surface area contributed by atoms with Crippen molar-refractivity contribution in [2.24, 2.45) is 4.99 Å². The quantitative estimate of drug-likeness (QED) is 0.664. The van der Waals surface area contributed by atoms with Crippen LogP contribution in [-0.4, -0.2) is 28.0 Å². The second-order valence-electron chi connectivity index (χ2n) is 5.12. The number of nitrogens with one attached hydrogen (secondary N) is 1. The number of nitro groups is 2. The normalized spacial score (nSPS) is 13.3. The lowest BCUT2D eigenvalue weighted by Crippen LogP contribution is -2.13. The third-order valence-electron chi connectivity index (χ3n) is 3.54. The summed E-state index contributed by atoms with van der Waals surface area (Å²) in [6.45, 7) is -0.214. The minimum absolute atomic E-state index is 0.0450. The third-order valence-corrected chi connectivity index (χ3v) is 3.86. The molecule has 0 aromatic heterocycles. The lowest BCUT2D eigenvalue weighted by molar-refractivity contribution is -0.384. The molecule has 0 atom stereocenters. The van der Waals surface area contributed by atoms with Crippen LogP contribution in [0, 0.1) is 20.2 Å². The third kappa shape index (κ3) is 3.17. The lowest BCUT2D eigenvalue weighted by atomic mass is 9.99. The number of nitrogens with zero attached hydrogens (tertiary/aromatic N) is 3. The number of hydrogen-bond donors (Lipinski definition) is 1. The number of nitro benzene ring substituents is 2. The fourth-order valence-electron chi connectivity index (χ4n) is 2.42. The van der Waals surface area contributed by atoms with Gasteiger partial charge in [-0.15, -0.1) is 0 Å². The first-order valence-electron chi connectivity index (χ1n) is 6.94. The lowest BCUT2D eigenvalue weighted by Gasteiger charge is -2.10. The summed E-state index contributed by atoms with van der Waals surface area (Å²) in [5.41, 5.74) is 0.690. The van der Waals surface area contributed by atoms with Gasteiger partial charge in [0.2, 0.25) is 5.91 Å². The van der Waals surface area contributed by atoms with Crippen LogP contribution in [0.15, 0.2) is 41.4 Å². The van der Waals surface area contributed by atoms with Gasteiger partial charge in [-0.1, -0.05) is 17.7 Å². The minimum Gasteiger partial charge on any atom is -0.324 e. The zero-order chi connectivity index (χ0) is 18.1. The highest BCUT2D eigenvalue weighted by Gasteiger charge is 2.23. The molecule has 9 nitrogen and oxygen atoms in total. The number of rotatable bonds is 3. The Morgan fingerprint density at radius 3 is 2.52 bits per heavy atom. The molecule has 0 aliphatic carbocycles. The van der Waals surface area contributed by atoms with Gasteiger partial charge in [0.25, 0.3) is 11.4 Å². The van der Waals surface area contributed by atoms with Gasteiger partial charge in [-0.3, -0.25) is 30.0 Å². The molecule has 0 spiro atoms. The van der Waals surface area contributed by atoms with Crippen molar-refractivity contribution in [2.75, 3.05) is 11.9 Å². The number of non-ortho nitro benzene ring substituents is 1. The smallest absolute Gasteiger partial charge is 0.288 e. The molecule has 3 rings (SSSR count). The molecule has 0 saturated carbocycles. The van der Waals surface area contributed by atoms with Crippen molar-refractivity contribution in [3.8, 4) is 0 Å². The Balaban J connectivity index is 2.21. The molecule has 25 heavy (non-hydrogen) atoms. The summed E-state index contributed by atoms with van der Waals surface area (Å²) in [4.78, 5) is 36.9. The van der Waals surface area contributed by atoms with E-state index in [1.165, 1.54) is 36.4 Å². The van der Waals surface area contributed by atoms with Crippen LogP contribution in [0.1, 0.15) is 11.1 Å². The summed E-state index contributed by atoms with van der Waals surface area (Å²) in [5.74, 6) is -0.395. The van der Waals surface area contributed by atoms with Crippen LogP contribution in [0.3, 0.4) is 0 Å². The summed E-state index contributed by atoms with van der Waals surface area (Å²) in [5, 5.41) is 24.7. The maximum atomic E-state index is 11.8. The largest absolute Gasteiger partial charge is 0.324 e. The first-order valence-corrected chi connectivity index (χ1v) is 7.32. The van der Waals surface area contributed by atoms with E-state index >= 15 is 0 Å². The van der Waals surface area contributed by atoms with Gasteiger partial charge in [-0.05, 0) is 12.1 Å². The maximum Gasteiger partial charge on any atom is 0.288 e. The number of hydrogen-bond acceptors (Lipinski definition) is 6. The Labute approximate surface area is 145 Å². The number of fused-ring (bicyclic) bond motifs is 1. The number of benzene rings is 2. The first kappa shape index (κ1) is 16.5. The molecule has 1 N–H and O–H groups in total. The van der Waals surface area contributed by atoms with Crippen molar-refractivity contribution in [3.05, 3.63) is 72.8 Å². The van der Waals surface area contributed by atoms with Gasteiger partial charge in [0.15, 0.2) is 0 Å². The molecule has 1 aliphatic rings. The van der Waals surface area contributed by atoms with Crippen LogP contribution < -0.4 is 5.32 Å². The summed E-state index contributed by atoms with van der Waals surface area (Å²) in [7, 11) is 0. The van der Waals surface area contributed by atoms with Crippen molar-refractivity contribution in [1.82, 2.24) is 0 Å². The highest BCUT2D eigenvalue weighted by molar-refractivity contribution is 6.33. The Hall–Kier alpha value is -3.33. The minimum atomic E-state index is -0.638. The topological polar surface area (TPSA) is 128 Å². The van der Waals surface area contributed by atoms with Gasteiger partial charge >= 0.3 is 0 Å². The van der Waals surface area contributed by atoms with Crippen molar-refractivity contribution in [1.29, 1.82) is 0 Å². The molecule has 0 bridgehead atoms. The Morgan fingerprint density at radius 1 is 1.08 bits per heavy atom. The molecule has 1 aliphatic heterocycles. The molecule has 0 fully saturated rings. The van der Waals surface area contributed by atoms with E-state index in [2.05, 4.69) is 10.3 Å². The van der Waals surface area contributed by atoms with Crippen molar-refractivity contribution in [2.45, 2.75) is 0 Å². The number of benzodiazepines with no additional fused rings is 1. The maximum absolute atomic E-state index is 11.8. The van der Waals surface area contributed by atoms with E-state index in [1.54, 1.807) is 0 Å². The van der Waals surface area contributed by atoms with Crippen LogP contribution in [-0.2, 0) is 4.79 Å². The van der Waals surface area contributed by atoms with Gasteiger partial charge < -0.3 is 5.32 Å². The predicted molar refractivity (Wildman–Crippen MR) is 90.3 cm³/mol. The first-order chi connectivity index (χ1) is 11.9. The van der Waals surface area contributed by atoms with Crippen LogP contribution in [0.25, 0.3) is 0 Å². The average molecular weight is 361 g/mol.